The summed E-state index contributed by atoms with van der Waals surface area (Å²) in [6.07, 6.45) is 12.0. The van der Waals surface area contributed by atoms with Crippen molar-refractivity contribution in [2.45, 2.75) is 76.5 Å². The molecule has 1 unspecified atom stereocenters. The van der Waals surface area contributed by atoms with Gasteiger partial charge in [-0.2, -0.15) is 0 Å². The van der Waals surface area contributed by atoms with E-state index in [1.807, 2.05) is 0 Å². The van der Waals surface area contributed by atoms with E-state index in [9.17, 15) is 4.79 Å². The maximum Gasteiger partial charge on any atom is 0.146 e. The van der Waals surface area contributed by atoms with Gasteiger partial charge < -0.3 is 0 Å². The molecular formula is C19H29BrO. The van der Waals surface area contributed by atoms with Crippen molar-refractivity contribution in [2.75, 3.05) is 0 Å². The molecule has 0 aromatic heterocycles. The number of carbonyl (C=O) groups is 1. The zero-order valence-corrected chi connectivity index (χ0v) is 15.1. The number of halogens is 1. The maximum absolute atomic E-state index is 12.1. The molecule has 21 heavy (non-hydrogen) atoms. The summed E-state index contributed by atoms with van der Waals surface area (Å²) in [5.74, 6) is 3.98. The van der Waals surface area contributed by atoms with Crippen LogP contribution in [0.4, 0.5) is 0 Å². The van der Waals surface area contributed by atoms with E-state index in [0.717, 1.165) is 30.6 Å². The molecule has 0 aromatic rings. The molecule has 0 amide bonds. The van der Waals surface area contributed by atoms with Gasteiger partial charge in [0.05, 0.1) is 4.83 Å². The van der Waals surface area contributed by atoms with E-state index < -0.39 is 0 Å². The van der Waals surface area contributed by atoms with Gasteiger partial charge in [-0.25, -0.2) is 0 Å². The van der Waals surface area contributed by atoms with Crippen LogP contribution in [0, 0.1) is 34.5 Å². The van der Waals surface area contributed by atoms with Gasteiger partial charge in [0.25, 0.3) is 0 Å². The summed E-state index contributed by atoms with van der Waals surface area (Å²) in [6, 6.07) is 0. The number of rotatable bonds is 0. The molecule has 118 valence electrons. The third-order valence-electron chi connectivity index (χ3n) is 8.26. The second-order valence-corrected chi connectivity index (χ2v) is 10.2. The molecule has 0 N–H and O–H groups in total. The lowest BCUT2D eigenvalue weighted by Gasteiger charge is -2.60. The minimum Gasteiger partial charge on any atom is -0.298 e. The quantitative estimate of drug-likeness (QED) is 0.536. The van der Waals surface area contributed by atoms with Crippen LogP contribution in [0.3, 0.4) is 0 Å². The van der Waals surface area contributed by atoms with Crippen LogP contribution in [0.2, 0.25) is 0 Å². The molecule has 2 heteroatoms. The number of fused-ring (bicyclic) bond motifs is 5. The fourth-order valence-corrected chi connectivity index (χ4v) is 7.94. The van der Waals surface area contributed by atoms with Crippen LogP contribution >= 0.6 is 15.9 Å². The lowest BCUT2D eigenvalue weighted by Crippen LogP contribution is -2.54. The van der Waals surface area contributed by atoms with Gasteiger partial charge in [-0.3, -0.25) is 4.79 Å². The fourth-order valence-electron chi connectivity index (χ4n) is 7.05. The topological polar surface area (TPSA) is 17.1 Å². The van der Waals surface area contributed by atoms with Crippen molar-refractivity contribution in [1.29, 1.82) is 0 Å². The first-order chi connectivity index (χ1) is 9.94. The summed E-state index contributed by atoms with van der Waals surface area (Å²) in [5.41, 5.74) is 1.08. The molecular weight excluding hydrogens is 324 g/mol. The van der Waals surface area contributed by atoms with Crippen molar-refractivity contribution >= 4 is 21.7 Å². The summed E-state index contributed by atoms with van der Waals surface area (Å²) in [4.78, 5) is 12.3. The van der Waals surface area contributed by atoms with E-state index >= 15 is 0 Å². The van der Waals surface area contributed by atoms with Crippen molar-refractivity contribution in [3.05, 3.63) is 0 Å². The number of hydrogen-bond donors (Lipinski definition) is 0. The molecule has 0 spiro atoms. The van der Waals surface area contributed by atoms with Gasteiger partial charge >= 0.3 is 0 Å². The summed E-state index contributed by atoms with van der Waals surface area (Å²) in [7, 11) is 0. The Morgan fingerprint density at radius 2 is 1.86 bits per heavy atom. The van der Waals surface area contributed by atoms with Crippen LogP contribution in [0.1, 0.15) is 71.6 Å². The first-order valence-corrected chi connectivity index (χ1v) is 10.0. The van der Waals surface area contributed by atoms with E-state index in [-0.39, 0.29) is 4.83 Å². The smallest absolute Gasteiger partial charge is 0.146 e. The predicted molar refractivity (Wildman–Crippen MR) is 89.4 cm³/mol. The number of carbonyl (C=O) groups excluding carboxylic acids is 1. The van der Waals surface area contributed by atoms with Gasteiger partial charge in [0.15, 0.2) is 0 Å². The highest BCUT2D eigenvalue weighted by Crippen LogP contribution is 2.66. The average molecular weight is 353 g/mol. The number of alkyl halides is 1. The Hall–Kier alpha value is 0.150. The van der Waals surface area contributed by atoms with E-state index in [1.165, 1.54) is 44.9 Å². The summed E-state index contributed by atoms with van der Waals surface area (Å²) < 4.78 is 0. The number of ketones is 1. The van der Waals surface area contributed by atoms with E-state index in [1.54, 1.807) is 0 Å². The monoisotopic (exact) mass is 352 g/mol. The number of hydrogen-bond acceptors (Lipinski definition) is 1. The van der Waals surface area contributed by atoms with Crippen molar-refractivity contribution in [2.24, 2.45) is 34.5 Å². The molecule has 4 saturated carbocycles. The molecule has 4 fully saturated rings. The molecule has 4 rings (SSSR count). The largest absolute Gasteiger partial charge is 0.298 e. The average Bonchev–Trinajstić information content (AvgIpc) is 2.82. The van der Waals surface area contributed by atoms with Gasteiger partial charge in [-0.1, -0.05) is 36.2 Å². The fraction of sp³-hybridized carbons (Fsp3) is 0.947. The van der Waals surface area contributed by atoms with Gasteiger partial charge in [-0.15, -0.1) is 0 Å². The molecule has 0 radical (unpaired) electrons. The molecule has 0 saturated heterocycles. The van der Waals surface area contributed by atoms with Crippen LogP contribution < -0.4 is 0 Å². The molecule has 7 atom stereocenters. The van der Waals surface area contributed by atoms with Crippen LogP contribution in [-0.4, -0.2) is 10.6 Å². The van der Waals surface area contributed by atoms with Crippen molar-refractivity contribution in [3.63, 3.8) is 0 Å². The molecule has 0 aromatic carbocycles. The highest BCUT2D eigenvalue weighted by molar-refractivity contribution is 9.10. The first kappa shape index (κ1) is 14.7. The number of Topliss-reactive ketones (excluding diaryl/α,β-unsaturated/α-hetero) is 1. The van der Waals surface area contributed by atoms with Gasteiger partial charge in [0.1, 0.15) is 5.78 Å². The maximum atomic E-state index is 12.1. The van der Waals surface area contributed by atoms with Crippen LogP contribution in [0.15, 0.2) is 0 Å². The third kappa shape index (κ3) is 2.03. The van der Waals surface area contributed by atoms with Crippen LogP contribution in [0.5, 0.6) is 0 Å². The Balaban J connectivity index is 1.65. The van der Waals surface area contributed by atoms with E-state index in [2.05, 4.69) is 29.8 Å². The van der Waals surface area contributed by atoms with Gasteiger partial charge in [0, 0.05) is 6.42 Å². The zero-order valence-electron chi connectivity index (χ0n) is 13.5. The Morgan fingerprint density at radius 3 is 2.67 bits per heavy atom. The van der Waals surface area contributed by atoms with Crippen molar-refractivity contribution in [1.82, 2.24) is 0 Å². The summed E-state index contributed by atoms with van der Waals surface area (Å²) >= 11 is 3.68. The lowest BCUT2D eigenvalue weighted by atomic mass is 9.45. The lowest BCUT2D eigenvalue weighted by molar-refractivity contribution is -0.136. The standard InChI is InChI=1S/C19H29BrO/c1-18-8-3-4-14(18)13-6-5-12-10-17(21)16(20)11-19(12,2)15(13)7-9-18/h12-16H,3-11H2,1-2H3/t12-,13-,14?,15-,16+,18-,19-/m0/s1. The highest BCUT2D eigenvalue weighted by atomic mass is 79.9. The second kappa shape index (κ2) is 4.82. The van der Waals surface area contributed by atoms with Gasteiger partial charge in [-0.05, 0) is 79.4 Å². The van der Waals surface area contributed by atoms with E-state index in [0.29, 0.717) is 22.5 Å². The predicted octanol–water partition coefficient (Wildman–Crippen LogP) is 5.36. The summed E-state index contributed by atoms with van der Waals surface area (Å²) in [6.45, 7) is 5.11. The minimum atomic E-state index is 0.134. The first-order valence-electron chi connectivity index (χ1n) is 9.11. The molecule has 4 aliphatic carbocycles. The zero-order chi connectivity index (χ0) is 14.8. The molecule has 0 bridgehead atoms. The molecule has 0 heterocycles. The SMILES string of the molecule is C[C@@]12CCCC1[C@@H]1CC[C@H]3CC(=O)[C@H](Br)C[C@]3(C)[C@H]1CC2. The second-order valence-electron chi connectivity index (χ2n) is 9.08. The molecule has 4 aliphatic rings. The molecule has 1 nitrogen and oxygen atoms in total. The van der Waals surface area contributed by atoms with Gasteiger partial charge in [0.2, 0.25) is 0 Å². The normalized spacial score (nSPS) is 56.5. The van der Waals surface area contributed by atoms with Crippen molar-refractivity contribution in [3.8, 4) is 0 Å². The minimum absolute atomic E-state index is 0.134. The Morgan fingerprint density at radius 1 is 1.05 bits per heavy atom. The van der Waals surface area contributed by atoms with Crippen LogP contribution in [0.25, 0.3) is 0 Å². The van der Waals surface area contributed by atoms with E-state index in [4.69, 9.17) is 0 Å². The Labute approximate surface area is 137 Å². The highest BCUT2D eigenvalue weighted by Gasteiger charge is 2.58. The summed E-state index contributed by atoms with van der Waals surface area (Å²) in [5, 5.41) is 0. The third-order valence-corrected chi connectivity index (χ3v) is 9.10. The Bertz CT molecular complexity index is 460. The Kier molecular flexibility index (Phi) is 3.38. The van der Waals surface area contributed by atoms with Crippen LogP contribution in [-0.2, 0) is 4.79 Å². The molecule has 0 aliphatic heterocycles. The van der Waals surface area contributed by atoms with Crippen molar-refractivity contribution < 1.29 is 4.79 Å².